The molecule has 0 aliphatic heterocycles. The zero-order valence-corrected chi connectivity index (χ0v) is 10.3. The molecule has 0 unspecified atom stereocenters. The number of ether oxygens (including phenoxy) is 1. The van der Waals surface area contributed by atoms with E-state index in [1.807, 2.05) is 30.5 Å². The van der Waals surface area contributed by atoms with Gasteiger partial charge in [-0.25, -0.2) is 0 Å². The molecule has 19 heavy (non-hydrogen) atoms. The lowest BCUT2D eigenvalue weighted by atomic mass is 10.2. The van der Waals surface area contributed by atoms with Crippen molar-refractivity contribution in [2.75, 3.05) is 7.11 Å². The summed E-state index contributed by atoms with van der Waals surface area (Å²) in [7, 11) is 1.62. The minimum Gasteiger partial charge on any atom is -0.497 e. The molecule has 0 radical (unpaired) electrons. The highest BCUT2D eigenvalue weighted by Crippen LogP contribution is 2.23. The number of pyridine rings is 1. The molecule has 1 aromatic carbocycles. The monoisotopic (exact) mass is 253 g/mol. The fourth-order valence-electron chi connectivity index (χ4n) is 1.99. The number of nitrogens with zero attached hydrogens (tertiary/aromatic N) is 3. The van der Waals surface area contributed by atoms with Gasteiger partial charge in [-0.2, -0.15) is 0 Å². The summed E-state index contributed by atoms with van der Waals surface area (Å²) in [6.07, 6.45) is 2.61. The van der Waals surface area contributed by atoms with E-state index in [9.17, 15) is 4.79 Å². The van der Waals surface area contributed by atoms with Gasteiger partial charge >= 0.3 is 0 Å². The third-order valence-electron chi connectivity index (χ3n) is 2.92. The van der Waals surface area contributed by atoms with Crippen LogP contribution in [0.25, 0.3) is 17.0 Å². The summed E-state index contributed by atoms with van der Waals surface area (Å²) in [5.74, 6) is 1.43. The van der Waals surface area contributed by atoms with Crippen LogP contribution in [0.5, 0.6) is 5.75 Å². The molecule has 0 aliphatic rings. The smallest absolute Gasteiger partial charge is 0.171 e. The molecular formula is C14H11N3O2. The van der Waals surface area contributed by atoms with E-state index in [-0.39, 0.29) is 0 Å². The lowest BCUT2D eigenvalue weighted by molar-refractivity contribution is 0.112. The minimum atomic E-state index is 0.518. The lowest BCUT2D eigenvalue weighted by Crippen LogP contribution is -1.92. The highest BCUT2D eigenvalue weighted by molar-refractivity contribution is 5.84. The Hall–Kier alpha value is -2.69. The third kappa shape index (κ3) is 1.85. The average molecular weight is 253 g/mol. The van der Waals surface area contributed by atoms with Crippen molar-refractivity contribution in [3.63, 3.8) is 0 Å². The molecule has 2 heterocycles. The van der Waals surface area contributed by atoms with Gasteiger partial charge in [0.05, 0.1) is 12.7 Å². The number of hydrogen-bond donors (Lipinski definition) is 0. The van der Waals surface area contributed by atoms with Gasteiger partial charge in [0, 0.05) is 11.8 Å². The Bertz CT molecular complexity index is 749. The molecule has 0 saturated carbocycles. The molecule has 0 aliphatic carbocycles. The number of carbonyl (C=O) groups is 1. The molecule has 0 spiro atoms. The van der Waals surface area contributed by atoms with E-state index >= 15 is 0 Å². The van der Waals surface area contributed by atoms with Crippen LogP contribution in [0, 0.1) is 0 Å². The maximum absolute atomic E-state index is 11.0. The number of methoxy groups -OCH3 is 1. The number of fused-ring (bicyclic) bond motifs is 1. The van der Waals surface area contributed by atoms with E-state index in [2.05, 4.69) is 10.2 Å². The molecule has 3 aromatic rings. The molecule has 0 N–H and O–H groups in total. The summed E-state index contributed by atoms with van der Waals surface area (Å²) in [5.41, 5.74) is 1.95. The number of hydrogen-bond acceptors (Lipinski definition) is 4. The summed E-state index contributed by atoms with van der Waals surface area (Å²) < 4.78 is 6.99. The maximum atomic E-state index is 11.0. The van der Waals surface area contributed by atoms with Gasteiger partial charge in [0.25, 0.3) is 0 Å². The first-order chi connectivity index (χ1) is 9.33. The summed E-state index contributed by atoms with van der Waals surface area (Å²) >= 11 is 0. The number of benzene rings is 1. The predicted octanol–water partition coefficient (Wildman–Crippen LogP) is 2.22. The highest BCUT2D eigenvalue weighted by atomic mass is 16.5. The Morgan fingerprint density at radius 1 is 1.21 bits per heavy atom. The fraction of sp³-hybridized carbons (Fsp3) is 0.0714. The average Bonchev–Trinajstić information content (AvgIpc) is 2.91. The van der Waals surface area contributed by atoms with Crippen LogP contribution in [0.4, 0.5) is 0 Å². The van der Waals surface area contributed by atoms with Crippen LogP contribution in [0.1, 0.15) is 10.4 Å². The molecule has 0 atom stereocenters. The molecule has 5 nitrogen and oxygen atoms in total. The number of aldehydes is 1. The zero-order valence-electron chi connectivity index (χ0n) is 10.3. The van der Waals surface area contributed by atoms with Crippen LogP contribution in [0.2, 0.25) is 0 Å². The summed E-state index contributed by atoms with van der Waals surface area (Å²) in [5, 5.41) is 8.21. The van der Waals surface area contributed by atoms with E-state index in [4.69, 9.17) is 4.74 Å². The van der Waals surface area contributed by atoms with E-state index < -0.39 is 0 Å². The van der Waals surface area contributed by atoms with E-state index in [0.717, 1.165) is 17.6 Å². The summed E-state index contributed by atoms with van der Waals surface area (Å²) in [6, 6.07) is 11.1. The molecule has 5 heteroatoms. The van der Waals surface area contributed by atoms with Gasteiger partial charge < -0.3 is 4.74 Å². The first-order valence-corrected chi connectivity index (χ1v) is 5.77. The minimum absolute atomic E-state index is 0.518. The van der Waals surface area contributed by atoms with Gasteiger partial charge in [-0.1, -0.05) is 12.1 Å². The maximum Gasteiger partial charge on any atom is 0.171 e. The van der Waals surface area contributed by atoms with Crippen LogP contribution < -0.4 is 4.74 Å². The van der Waals surface area contributed by atoms with Crippen LogP contribution in [-0.4, -0.2) is 28.0 Å². The first-order valence-electron chi connectivity index (χ1n) is 5.77. The molecule has 94 valence electrons. The second kappa shape index (κ2) is 4.53. The largest absolute Gasteiger partial charge is 0.497 e. The Morgan fingerprint density at radius 2 is 2.11 bits per heavy atom. The van der Waals surface area contributed by atoms with E-state index in [1.54, 1.807) is 23.6 Å². The van der Waals surface area contributed by atoms with Crippen molar-refractivity contribution in [2.45, 2.75) is 0 Å². The van der Waals surface area contributed by atoms with Crippen molar-refractivity contribution >= 4 is 11.9 Å². The Labute approximate surface area is 109 Å². The SMILES string of the molecule is COc1cccc(-c2nnc3c(C=O)cccn23)c1. The quantitative estimate of drug-likeness (QED) is 0.671. The van der Waals surface area contributed by atoms with Gasteiger partial charge in [-0.3, -0.25) is 9.20 Å². The van der Waals surface area contributed by atoms with E-state index in [0.29, 0.717) is 17.0 Å². The molecule has 0 saturated heterocycles. The molecule has 3 rings (SSSR count). The first kappa shape index (κ1) is 11.4. The van der Waals surface area contributed by atoms with Crippen molar-refractivity contribution in [1.82, 2.24) is 14.6 Å². The predicted molar refractivity (Wildman–Crippen MR) is 70.4 cm³/mol. The zero-order chi connectivity index (χ0) is 13.2. The highest BCUT2D eigenvalue weighted by Gasteiger charge is 2.10. The summed E-state index contributed by atoms with van der Waals surface area (Å²) in [6.45, 7) is 0. The Morgan fingerprint density at radius 3 is 2.89 bits per heavy atom. The lowest BCUT2D eigenvalue weighted by Gasteiger charge is -2.03. The van der Waals surface area contributed by atoms with Gasteiger partial charge in [0.15, 0.2) is 17.8 Å². The van der Waals surface area contributed by atoms with Gasteiger partial charge in [-0.15, -0.1) is 10.2 Å². The molecular weight excluding hydrogens is 242 g/mol. The Kier molecular flexibility index (Phi) is 2.72. The van der Waals surface area contributed by atoms with Gasteiger partial charge in [-0.05, 0) is 24.3 Å². The van der Waals surface area contributed by atoms with Crippen molar-refractivity contribution < 1.29 is 9.53 Å². The van der Waals surface area contributed by atoms with Gasteiger partial charge in [0.1, 0.15) is 5.75 Å². The standard InChI is InChI=1S/C14H11N3O2/c1-19-12-6-2-4-10(8-12)13-15-16-14-11(9-18)5-3-7-17(13)14/h2-9H,1H3. The second-order valence-corrected chi connectivity index (χ2v) is 4.03. The van der Waals surface area contributed by atoms with E-state index in [1.165, 1.54) is 0 Å². The number of carbonyl (C=O) groups excluding carboxylic acids is 1. The molecule has 0 amide bonds. The van der Waals surface area contributed by atoms with Crippen LogP contribution in [0.3, 0.4) is 0 Å². The van der Waals surface area contributed by atoms with Crippen molar-refractivity contribution in [1.29, 1.82) is 0 Å². The topological polar surface area (TPSA) is 56.5 Å². The van der Waals surface area contributed by atoms with Crippen LogP contribution in [-0.2, 0) is 0 Å². The normalized spacial score (nSPS) is 10.6. The van der Waals surface area contributed by atoms with Crippen LogP contribution >= 0.6 is 0 Å². The van der Waals surface area contributed by atoms with Crippen LogP contribution in [0.15, 0.2) is 42.6 Å². The molecule has 2 aromatic heterocycles. The molecule has 0 fully saturated rings. The second-order valence-electron chi connectivity index (χ2n) is 4.03. The number of rotatable bonds is 3. The number of aromatic nitrogens is 3. The Balaban J connectivity index is 2.22. The summed E-state index contributed by atoms with van der Waals surface area (Å²) in [4.78, 5) is 11.0. The third-order valence-corrected chi connectivity index (χ3v) is 2.92. The molecule has 0 bridgehead atoms. The van der Waals surface area contributed by atoms with Crippen molar-refractivity contribution in [2.24, 2.45) is 0 Å². The van der Waals surface area contributed by atoms with Crippen molar-refractivity contribution in [3.05, 3.63) is 48.2 Å². The van der Waals surface area contributed by atoms with Crippen molar-refractivity contribution in [3.8, 4) is 17.1 Å². The fourth-order valence-corrected chi connectivity index (χ4v) is 1.99. The van der Waals surface area contributed by atoms with Gasteiger partial charge in [0.2, 0.25) is 0 Å².